The molecule has 1 heterocycles. The van der Waals surface area contributed by atoms with Gasteiger partial charge in [0.2, 0.25) is 6.39 Å². The number of aromatic nitrogens is 2. The van der Waals surface area contributed by atoms with Crippen molar-refractivity contribution in [3.8, 4) is 0 Å². The zero-order valence-electron chi connectivity index (χ0n) is 9.62. The number of hydrogen-bond acceptors (Lipinski definition) is 6. The lowest BCUT2D eigenvalue weighted by Crippen LogP contribution is -2.11. The van der Waals surface area contributed by atoms with Crippen molar-refractivity contribution in [3.05, 3.63) is 36.5 Å². The van der Waals surface area contributed by atoms with Crippen molar-refractivity contribution in [2.45, 2.75) is 10.6 Å². The molecule has 0 unspecified atom stereocenters. The molecule has 1 N–H and O–H groups in total. The maximum atomic E-state index is 11.2. The Bertz CT molecular complexity index is 516. The summed E-state index contributed by atoms with van der Waals surface area (Å²) in [7, 11) is 1.32. The molecular weight excluding hydrogens is 254 g/mol. The van der Waals surface area contributed by atoms with Crippen LogP contribution in [0, 0.1) is 0 Å². The summed E-state index contributed by atoms with van der Waals surface area (Å²) in [5, 5.41) is 6.36. The number of nitrogens with one attached hydrogen (secondary N) is 1. The van der Waals surface area contributed by atoms with Crippen molar-refractivity contribution < 1.29 is 14.1 Å². The van der Waals surface area contributed by atoms with Gasteiger partial charge in [-0.25, -0.2) is 4.79 Å². The van der Waals surface area contributed by atoms with Crippen molar-refractivity contribution >= 4 is 23.5 Å². The molecule has 0 saturated carbocycles. The summed E-state index contributed by atoms with van der Waals surface area (Å²) in [6.07, 6.45) is 0.789. The van der Waals surface area contributed by atoms with Gasteiger partial charge in [-0.1, -0.05) is 17.3 Å². The lowest BCUT2D eigenvalue weighted by Gasteiger charge is -2.08. The van der Waals surface area contributed by atoms with Gasteiger partial charge < -0.3 is 9.26 Å². The maximum absolute atomic E-state index is 11.2. The number of anilines is 1. The van der Waals surface area contributed by atoms with Gasteiger partial charge in [-0.2, -0.15) is 4.98 Å². The number of benzene rings is 1. The first-order chi connectivity index (χ1) is 8.79. The van der Waals surface area contributed by atoms with E-state index >= 15 is 0 Å². The number of ether oxygens (including phenoxy) is 1. The number of carbonyl (C=O) groups is 1. The molecule has 1 aromatic carbocycles. The molecular formula is C11H11N3O3S. The largest absolute Gasteiger partial charge is 0.453 e. The van der Waals surface area contributed by atoms with E-state index in [0.717, 1.165) is 4.90 Å². The second kappa shape index (κ2) is 6.06. The third-order valence-corrected chi connectivity index (χ3v) is 3.14. The van der Waals surface area contributed by atoms with Gasteiger partial charge in [0.1, 0.15) is 0 Å². The second-order valence-electron chi connectivity index (χ2n) is 3.25. The predicted octanol–water partition coefficient (Wildman–Crippen LogP) is 2.54. The average molecular weight is 265 g/mol. The van der Waals surface area contributed by atoms with Crippen LogP contribution in [-0.2, 0) is 10.5 Å². The summed E-state index contributed by atoms with van der Waals surface area (Å²) < 4.78 is 9.21. The first-order valence-electron chi connectivity index (χ1n) is 5.11. The number of methoxy groups -OCH3 is 1. The molecule has 0 aliphatic rings. The van der Waals surface area contributed by atoms with Gasteiger partial charge in [-0.05, 0) is 12.1 Å². The van der Waals surface area contributed by atoms with Gasteiger partial charge in [0.05, 0.1) is 18.6 Å². The highest BCUT2D eigenvalue weighted by Crippen LogP contribution is 2.28. The average Bonchev–Trinajstić information content (AvgIpc) is 2.91. The molecule has 0 saturated heterocycles. The zero-order chi connectivity index (χ0) is 12.8. The van der Waals surface area contributed by atoms with Crippen molar-refractivity contribution in [3.63, 3.8) is 0 Å². The van der Waals surface area contributed by atoms with Crippen molar-refractivity contribution in [1.82, 2.24) is 10.1 Å². The Morgan fingerprint density at radius 3 is 3.06 bits per heavy atom. The summed E-state index contributed by atoms with van der Waals surface area (Å²) in [6.45, 7) is 0. The van der Waals surface area contributed by atoms with Crippen molar-refractivity contribution in [1.29, 1.82) is 0 Å². The smallest absolute Gasteiger partial charge is 0.411 e. The van der Waals surface area contributed by atoms with E-state index in [1.165, 1.54) is 25.3 Å². The minimum Gasteiger partial charge on any atom is -0.453 e. The Morgan fingerprint density at radius 1 is 1.50 bits per heavy atom. The highest BCUT2D eigenvalue weighted by atomic mass is 32.2. The van der Waals surface area contributed by atoms with Crippen LogP contribution in [0.25, 0.3) is 0 Å². The molecule has 0 fully saturated rings. The van der Waals surface area contributed by atoms with Crippen LogP contribution < -0.4 is 5.32 Å². The van der Waals surface area contributed by atoms with Crippen LogP contribution in [0.3, 0.4) is 0 Å². The van der Waals surface area contributed by atoms with Crippen molar-refractivity contribution in [2.24, 2.45) is 0 Å². The van der Waals surface area contributed by atoms with Gasteiger partial charge in [0.15, 0.2) is 5.82 Å². The third kappa shape index (κ3) is 3.24. The summed E-state index contributed by atoms with van der Waals surface area (Å²) in [5.74, 6) is 1.17. The number of carbonyl (C=O) groups excluding carboxylic acids is 1. The minimum absolute atomic E-state index is 0.498. The Labute approximate surface area is 108 Å². The van der Waals surface area contributed by atoms with Gasteiger partial charge in [0.25, 0.3) is 0 Å². The number of hydrogen-bond donors (Lipinski definition) is 1. The zero-order valence-corrected chi connectivity index (χ0v) is 10.4. The minimum atomic E-state index is -0.498. The summed E-state index contributed by atoms with van der Waals surface area (Å²) >= 11 is 1.50. The summed E-state index contributed by atoms with van der Waals surface area (Å²) in [4.78, 5) is 16.0. The van der Waals surface area contributed by atoms with Crippen LogP contribution in [0.15, 0.2) is 40.1 Å². The van der Waals surface area contributed by atoms with E-state index in [0.29, 0.717) is 17.3 Å². The van der Waals surface area contributed by atoms with Crippen LogP contribution in [0.5, 0.6) is 0 Å². The van der Waals surface area contributed by atoms with E-state index in [-0.39, 0.29) is 0 Å². The normalized spacial score (nSPS) is 10.1. The molecule has 94 valence electrons. The molecule has 7 heteroatoms. The predicted molar refractivity (Wildman–Crippen MR) is 66.3 cm³/mol. The fourth-order valence-electron chi connectivity index (χ4n) is 1.26. The Hall–Kier alpha value is -2.02. The highest BCUT2D eigenvalue weighted by Gasteiger charge is 2.08. The Morgan fingerprint density at radius 2 is 2.33 bits per heavy atom. The molecule has 0 bridgehead atoms. The standard InChI is InChI=1S/C11H11N3O3S/c1-16-11(15)13-8-4-2-3-5-9(8)18-6-10-12-7-17-14-10/h2-5,7H,6H2,1H3,(H,13,15). The lowest BCUT2D eigenvalue weighted by molar-refractivity contribution is 0.187. The summed E-state index contributed by atoms with van der Waals surface area (Å²) in [5.41, 5.74) is 0.692. The molecule has 6 nitrogen and oxygen atoms in total. The third-order valence-electron chi connectivity index (χ3n) is 2.07. The van der Waals surface area contributed by atoms with Crippen LogP contribution in [0.1, 0.15) is 5.82 Å². The van der Waals surface area contributed by atoms with E-state index in [9.17, 15) is 4.79 Å². The van der Waals surface area contributed by atoms with Gasteiger partial charge >= 0.3 is 6.09 Å². The fraction of sp³-hybridized carbons (Fsp3) is 0.182. The van der Waals surface area contributed by atoms with E-state index in [4.69, 9.17) is 0 Å². The van der Waals surface area contributed by atoms with Gasteiger partial charge in [0, 0.05) is 4.90 Å². The fourth-order valence-corrected chi connectivity index (χ4v) is 2.12. The number of para-hydroxylation sites is 1. The van der Waals surface area contributed by atoms with E-state index in [2.05, 4.69) is 24.7 Å². The topological polar surface area (TPSA) is 77.2 Å². The van der Waals surface area contributed by atoms with Crippen molar-refractivity contribution in [2.75, 3.05) is 12.4 Å². The Balaban J connectivity index is 2.05. The van der Waals surface area contributed by atoms with E-state index in [1.54, 1.807) is 6.07 Å². The van der Waals surface area contributed by atoms with Crippen LogP contribution in [-0.4, -0.2) is 23.3 Å². The lowest BCUT2D eigenvalue weighted by atomic mass is 10.3. The molecule has 0 spiro atoms. The molecule has 0 aliphatic heterocycles. The molecule has 18 heavy (non-hydrogen) atoms. The molecule has 0 atom stereocenters. The second-order valence-corrected chi connectivity index (χ2v) is 4.27. The van der Waals surface area contributed by atoms with Crippen LogP contribution in [0.4, 0.5) is 10.5 Å². The highest BCUT2D eigenvalue weighted by molar-refractivity contribution is 7.98. The number of nitrogens with zero attached hydrogens (tertiary/aromatic N) is 2. The number of thioether (sulfide) groups is 1. The summed E-state index contributed by atoms with van der Waals surface area (Å²) in [6, 6.07) is 7.43. The van der Waals surface area contributed by atoms with Crippen LogP contribution >= 0.6 is 11.8 Å². The molecule has 0 aliphatic carbocycles. The Kier molecular flexibility index (Phi) is 4.19. The molecule has 2 rings (SSSR count). The number of amides is 1. The number of rotatable bonds is 4. The molecule has 1 aromatic heterocycles. The molecule has 0 radical (unpaired) electrons. The van der Waals surface area contributed by atoms with E-state index < -0.39 is 6.09 Å². The SMILES string of the molecule is COC(=O)Nc1ccccc1SCc1ncon1. The van der Waals surface area contributed by atoms with Gasteiger partial charge in [-0.15, -0.1) is 11.8 Å². The molecule has 1 amide bonds. The quantitative estimate of drug-likeness (QED) is 0.856. The van der Waals surface area contributed by atoms with Crippen LogP contribution in [0.2, 0.25) is 0 Å². The maximum Gasteiger partial charge on any atom is 0.411 e. The van der Waals surface area contributed by atoms with E-state index in [1.807, 2.05) is 18.2 Å². The molecule has 2 aromatic rings. The monoisotopic (exact) mass is 265 g/mol. The first kappa shape index (κ1) is 12.4. The van der Waals surface area contributed by atoms with Gasteiger partial charge in [-0.3, -0.25) is 5.32 Å². The first-order valence-corrected chi connectivity index (χ1v) is 6.10.